The van der Waals surface area contributed by atoms with Crippen molar-refractivity contribution in [1.29, 1.82) is 0 Å². The van der Waals surface area contributed by atoms with Crippen LogP contribution in [0, 0.1) is 5.41 Å². The third kappa shape index (κ3) is 3.19. The van der Waals surface area contributed by atoms with Gasteiger partial charge in [-0.2, -0.15) is 0 Å². The van der Waals surface area contributed by atoms with Crippen LogP contribution in [0.2, 0.25) is 5.15 Å². The van der Waals surface area contributed by atoms with Crippen molar-refractivity contribution in [3.63, 3.8) is 0 Å². The largest absolute Gasteiger partial charge is 0.243 e. The normalized spacial score (nSPS) is 18.1. The number of rotatable bonds is 4. The lowest BCUT2D eigenvalue weighted by molar-refractivity contribution is 0.530. The molecule has 0 bridgehead atoms. The number of nitrogens with zero attached hydrogens (tertiary/aromatic N) is 1. The second kappa shape index (κ2) is 4.50. The molecule has 1 N–H and O–H groups in total. The molecular formula is C10H12BrClN2O2S. The fourth-order valence-electron chi connectivity index (χ4n) is 1.33. The minimum absolute atomic E-state index is 0.0118. The van der Waals surface area contributed by atoms with Gasteiger partial charge in [-0.05, 0) is 40.3 Å². The average Bonchev–Trinajstić information content (AvgIpc) is 2.98. The molecule has 7 heteroatoms. The molecule has 4 nitrogen and oxygen atoms in total. The van der Waals surface area contributed by atoms with Crippen molar-refractivity contribution in [2.75, 3.05) is 6.54 Å². The summed E-state index contributed by atoms with van der Waals surface area (Å²) in [6.07, 6.45) is 3.57. The van der Waals surface area contributed by atoms with E-state index in [0.717, 1.165) is 12.8 Å². The predicted octanol–water partition coefficient (Wildman–Crippen LogP) is 2.58. The number of halogens is 2. The van der Waals surface area contributed by atoms with Crippen molar-refractivity contribution in [3.8, 4) is 0 Å². The van der Waals surface area contributed by atoms with Gasteiger partial charge in [0.15, 0.2) is 0 Å². The summed E-state index contributed by atoms with van der Waals surface area (Å²) in [5.41, 5.74) is 0.110. The van der Waals surface area contributed by atoms with E-state index in [0.29, 0.717) is 11.0 Å². The van der Waals surface area contributed by atoms with Crippen LogP contribution >= 0.6 is 27.5 Å². The van der Waals surface area contributed by atoms with Crippen LogP contribution in [0.3, 0.4) is 0 Å². The molecule has 1 saturated carbocycles. The Labute approximate surface area is 114 Å². The second-order valence-electron chi connectivity index (χ2n) is 4.58. The third-order valence-electron chi connectivity index (χ3n) is 2.86. The number of nitrogens with one attached hydrogen (secondary N) is 1. The smallest absolute Gasteiger partial charge is 0.242 e. The summed E-state index contributed by atoms with van der Waals surface area (Å²) < 4.78 is 27.2. The molecule has 0 amide bonds. The molecule has 2 rings (SSSR count). The average molecular weight is 340 g/mol. The highest BCUT2D eigenvalue weighted by atomic mass is 79.9. The lowest BCUT2D eigenvalue weighted by Crippen LogP contribution is -2.29. The van der Waals surface area contributed by atoms with Gasteiger partial charge in [0.05, 0.1) is 0 Å². The first-order valence-electron chi connectivity index (χ1n) is 5.13. The summed E-state index contributed by atoms with van der Waals surface area (Å²) in [5.74, 6) is 0. The van der Waals surface area contributed by atoms with E-state index >= 15 is 0 Å². The van der Waals surface area contributed by atoms with Gasteiger partial charge in [-0.25, -0.2) is 18.1 Å². The highest BCUT2D eigenvalue weighted by Crippen LogP contribution is 2.44. The van der Waals surface area contributed by atoms with Gasteiger partial charge >= 0.3 is 0 Å². The van der Waals surface area contributed by atoms with Gasteiger partial charge < -0.3 is 0 Å². The van der Waals surface area contributed by atoms with Crippen LogP contribution in [-0.2, 0) is 10.0 Å². The highest BCUT2D eigenvalue weighted by molar-refractivity contribution is 9.10. The van der Waals surface area contributed by atoms with Crippen LogP contribution in [0.25, 0.3) is 0 Å². The molecule has 1 aliphatic rings. The van der Waals surface area contributed by atoms with E-state index in [9.17, 15) is 8.42 Å². The molecule has 0 saturated heterocycles. The Balaban J connectivity index is 2.21. The van der Waals surface area contributed by atoms with Crippen LogP contribution in [0.1, 0.15) is 19.8 Å². The summed E-state index contributed by atoms with van der Waals surface area (Å²) in [6, 6.07) is 1.45. The summed E-state index contributed by atoms with van der Waals surface area (Å²) in [7, 11) is -3.58. The monoisotopic (exact) mass is 338 g/mol. The van der Waals surface area contributed by atoms with Crippen LogP contribution in [0.5, 0.6) is 0 Å². The first kappa shape index (κ1) is 13.3. The maximum absolute atomic E-state index is 12.0. The first-order chi connectivity index (χ1) is 7.82. The van der Waals surface area contributed by atoms with Crippen LogP contribution in [-0.4, -0.2) is 19.9 Å². The number of hydrogen-bond acceptors (Lipinski definition) is 3. The molecule has 1 aliphatic carbocycles. The fourth-order valence-corrected chi connectivity index (χ4v) is 3.47. The molecule has 0 aromatic carbocycles. The number of aromatic nitrogens is 1. The zero-order chi connectivity index (χ0) is 12.7. The molecule has 17 heavy (non-hydrogen) atoms. The highest BCUT2D eigenvalue weighted by Gasteiger charge is 2.38. The first-order valence-corrected chi connectivity index (χ1v) is 7.79. The molecule has 0 atom stereocenters. The molecule has 0 radical (unpaired) electrons. The van der Waals surface area contributed by atoms with Crippen molar-refractivity contribution in [1.82, 2.24) is 9.71 Å². The zero-order valence-corrected chi connectivity index (χ0v) is 12.4. The molecule has 1 aromatic rings. The fraction of sp³-hybridized carbons (Fsp3) is 0.500. The lowest BCUT2D eigenvalue weighted by atomic mass is 10.2. The van der Waals surface area contributed by atoms with Gasteiger partial charge in [0.25, 0.3) is 0 Å². The zero-order valence-electron chi connectivity index (χ0n) is 9.20. The lowest BCUT2D eigenvalue weighted by Gasteiger charge is -2.11. The Morgan fingerprint density at radius 2 is 2.24 bits per heavy atom. The molecular weight excluding hydrogens is 328 g/mol. The van der Waals surface area contributed by atoms with Crippen molar-refractivity contribution >= 4 is 37.6 Å². The van der Waals surface area contributed by atoms with Gasteiger partial charge in [-0.3, -0.25) is 0 Å². The van der Waals surface area contributed by atoms with Crippen molar-refractivity contribution in [2.24, 2.45) is 5.41 Å². The number of sulfonamides is 1. The minimum atomic E-state index is -3.58. The van der Waals surface area contributed by atoms with Crippen LogP contribution < -0.4 is 4.72 Å². The van der Waals surface area contributed by atoms with Gasteiger partial charge in [0, 0.05) is 17.2 Å². The van der Waals surface area contributed by atoms with Crippen molar-refractivity contribution in [2.45, 2.75) is 24.7 Å². The Bertz CT molecular complexity index is 543. The summed E-state index contributed by atoms with van der Waals surface area (Å²) in [4.78, 5) is 3.82. The Morgan fingerprint density at radius 3 is 2.82 bits per heavy atom. The van der Waals surface area contributed by atoms with E-state index in [1.807, 2.05) is 0 Å². The number of hydrogen-bond donors (Lipinski definition) is 1. The Morgan fingerprint density at radius 1 is 1.59 bits per heavy atom. The Hall–Kier alpha value is -0.170. The SMILES string of the molecule is CC1(CNS(=O)(=O)c2cc(Br)cnc2Cl)CC1. The minimum Gasteiger partial charge on any atom is -0.242 e. The molecule has 0 aliphatic heterocycles. The maximum atomic E-state index is 12.0. The standard InChI is InChI=1S/C10H12BrClN2O2S/c1-10(2-3-10)6-14-17(15,16)8-4-7(11)5-13-9(8)12/h4-5,14H,2-3,6H2,1H3. The predicted molar refractivity (Wildman–Crippen MR) is 69.5 cm³/mol. The van der Waals surface area contributed by atoms with E-state index in [-0.39, 0.29) is 15.5 Å². The molecule has 1 fully saturated rings. The van der Waals surface area contributed by atoms with Crippen molar-refractivity contribution < 1.29 is 8.42 Å². The number of pyridine rings is 1. The second-order valence-corrected chi connectivity index (χ2v) is 7.59. The van der Waals surface area contributed by atoms with Gasteiger partial charge in [0.2, 0.25) is 10.0 Å². The van der Waals surface area contributed by atoms with Gasteiger partial charge in [-0.1, -0.05) is 18.5 Å². The van der Waals surface area contributed by atoms with E-state index in [4.69, 9.17) is 11.6 Å². The molecule has 1 heterocycles. The summed E-state index contributed by atoms with van der Waals surface area (Å²) >= 11 is 8.97. The van der Waals surface area contributed by atoms with E-state index in [2.05, 4.69) is 32.6 Å². The molecule has 94 valence electrons. The van der Waals surface area contributed by atoms with Crippen molar-refractivity contribution in [3.05, 3.63) is 21.9 Å². The maximum Gasteiger partial charge on any atom is 0.243 e. The van der Waals surface area contributed by atoms with Gasteiger partial charge in [0.1, 0.15) is 10.0 Å². The van der Waals surface area contributed by atoms with Gasteiger partial charge in [-0.15, -0.1) is 0 Å². The van der Waals surface area contributed by atoms with E-state index < -0.39 is 10.0 Å². The molecule has 0 unspecified atom stereocenters. The molecule has 0 spiro atoms. The quantitative estimate of drug-likeness (QED) is 0.858. The van der Waals surface area contributed by atoms with E-state index in [1.54, 1.807) is 0 Å². The molecule has 1 aromatic heterocycles. The summed E-state index contributed by atoms with van der Waals surface area (Å²) in [5, 5.41) is -0.0124. The summed E-state index contributed by atoms with van der Waals surface area (Å²) in [6.45, 7) is 2.49. The van der Waals surface area contributed by atoms with Crippen LogP contribution in [0.15, 0.2) is 21.6 Å². The third-order valence-corrected chi connectivity index (χ3v) is 5.12. The van der Waals surface area contributed by atoms with E-state index in [1.165, 1.54) is 12.3 Å². The topological polar surface area (TPSA) is 59.1 Å². The Kier molecular flexibility index (Phi) is 3.51. The van der Waals surface area contributed by atoms with Crippen LogP contribution in [0.4, 0.5) is 0 Å².